The lowest BCUT2D eigenvalue weighted by Gasteiger charge is -2.34. The summed E-state index contributed by atoms with van der Waals surface area (Å²) in [6, 6.07) is 9.46. The van der Waals surface area contributed by atoms with Gasteiger partial charge in [-0.2, -0.15) is 0 Å². The van der Waals surface area contributed by atoms with E-state index in [2.05, 4.69) is 51.2 Å². The Hall–Kier alpha value is -3.79. The van der Waals surface area contributed by atoms with E-state index in [9.17, 15) is 4.79 Å². The second-order valence-corrected chi connectivity index (χ2v) is 11.3. The smallest absolute Gasteiger partial charge is 0.319 e. The fourth-order valence-electron chi connectivity index (χ4n) is 4.94. The van der Waals surface area contributed by atoms with Crippen molar-refractivity contribution in [3.63, 3.8) is 0 Å². The molecule has 2 aliphatic heterocycles. The molecule has 39 heavy (non-hydrogen) atoms. The molecule has 2 aromatic heterocycles. The number of hydrogen-bond donors (Lipinski definition) is 2. The van der Waals surface area contributed by atoms with Crippen LogP contribution in [0.15, 0.2) is 42.9 Å². The lowest BCUT2D eigenvalue weighted by atomic mass is 9.91. The molecule has 4 heterocycles. The molecule has 206 valence electrons. The second-order valence-electron chi connectivity index (χ2n) is 11.3. The number of aromatic nitrogens is 4. The highest BCUT2D eigenvalue weighted by Gasteiger charge is 2.27. The average Bonchev–Trinajstić information content (AvgIpc) is 2.95. The number of hydrogen-bond acceptors (Lipinski definition) is 8. The molecule has 2 N–H and O–H groups in total. The average molecular weight is 531 g/mol. The second kappa shape index (κ2) is 11.9. The van der Waals surface area contributed by atoms with Crippen molar-refractivity contribution < 1.29 is 9.53 Å². The number of ether oxygens (including phenoxy) is 1. The quantitative estimate of drug-likeness (QED) is 0.436. The van der Waals surface area contributed by atoms with Crippen LogP contribution in [0.25, 0.3) is 11.4 Å². The van der Waals surface area contributed by atoms with Gasteiger partial charge in [0, 0.05) is 49.2 Å². The number of amides is 2. The maximum Gasteiger partial charge on any atom is 0.319 e. The standard InChI is InChI=1S/C29H38N8O2/c1-29(2,3)11-4-12-31-28(38)33-22-7-5-21(6-8-22)26-34-24-19-37(25-9-13-30-20-32-25)14-10-23(24)27(35-26)36-15-17-39-18-16-36/h5-9,13,20H,4,10-12,14-19H2,1-3H3,(H2,31,33,38). The molecule has 0 saturated carbocycles. The Kier molecular flexibility index (Phi) is 8.21. The van der Waals surface area contributed by atoms with Gasteiger partial charge in [-0.3, -0.25) is 0 Å². The number of benzene rings is 1. The number of fused-ring (bicyclic) bond motifs is 1. The van der Waals surface area contributed by atoms with E-state index in [-0.39, 0.29) is 11.4 Å². The molecular weight excluding hydrogens is 492 g/mol. The third-order valence-electron chi connectivity index (χ3n) is 7.03. The largest absolute Gasteiger partial charge is 0.378 e. The highest BCUT2D eigenvalue weighted by Crippen LogP contribution is 2.31. The van der Waals surface area contributed by atoms with Gasteiger partial charge in [0.15, 0.2) is 5.82 Å². The number of rotatable bonds is 7. The molecule has 0 aliphatic carbocycles. The SMILES string of the molecule is CC(C)(C)CCCNC(=O)Nc1ccc(-c2nc3c(c(N4CCOCC4)n2)CCN(c2ccncn2)C3)cc1. The molecule has 3 aromatic rings. The first-order valence-electron chi connectivity index (χ1n) is 13.7. The van der Waals surface area contributed by atoms with Crippen molar-refractivity contribution in [2.45, 2.75) is 46.6 Å². The van der Waals surface area contributed by atoms with Gasteiger partial charge in [0.25, 0.3) is 0 Å². The van der Waals surface area contributed by atoms with Crippen molar-refractivity contribution in [2.24, 2.45) is 5.41 Å². The normalized spacial score (nSPS) is 15.6. The molecular formula is C29H38N8O2. The van der Waals surface area contributed by atoms with Gasteiger partial charge in [0.05, 0.1) is 25.5 Å². The Labute approximate surface area is 230 Å². The summed E-state index contributed by atoms with van der Waals surface area (Å²) in [7, 11) is 0. The fourth-order valence-corrected chi connectivity index (χ4v) is 4.94. The number of anilines is 3. The molecule has 1 aromatic carbocycles. The van der Waals surface area contributed by atoms with Gasteiger partial charge in [-0.15, -0.1) is 0 Å². The Morgan fingerprint density at radius 1 is 1.03 bits per heavy atom. The van der Waals surface area contributed by atoms with Crippen molar-refractivity contribution in [3.8, 4) is 11.4 Å². The van der Waals surface area contributed by atoms with Gasteiger partial charge in [0.2, 0.25) is 0 Å². The van der Waals surface area contributed by atoms with Gasteiger partial charge in [-0.05, 0) is 55.0 Å². The molecule has 0 unspecified atom stereocenters. The van der Waals surface area contributed by atoms with Crippen LogP contribution in [0, 0.1) is 5.41 Å². The number of morpholine rings is 1. The van der Waals surface area contributed by atoms with Crippen molar-refractivity contribution in [1.29, 1.82) is 0 Å². The third kappa shape index (κ3) is 7.00. The van der Waals surface area contributed by atoms with E-state index in [1.807, 2.05) is 30.3 Å². The van der Waals surface area contributed by atoms with E-state index < -0.39 is 0 Å². The van der Waals surface area contributed by atoms with Gasteiger partial charge in [0.1, 0.15) is 18.0 Å². The Bertz CT molecular complexity index is 1250. The zero-order valence-corrected chi connectivity index (χ0v) is 23.1. The molecule has 0 spiro atoms. The molecule has 10 nitrogen and oxygen atoms in total. The zero-order chi connectivity index (χ0) is 27.2. The number of urea groups is 1. The Morgan fingerprint density at radius 2 is 1.82 bits per heavy atom. The van der Waals surface area contributed by atoms with E-state index in [4.69, 9.17) is 14.7 Å². The van der Waals surface area contributed by atoms with Crippen LogP contribution in [0.1, 0.15) is 44.9 Å². The van der Waals surface area contributed by atoms with Gasteiger partial charge in [-0.25, -0.2) is 24.7 Å². The minimum atomic E-state index is -0.193. The summed E-state index contributed by atoms with van der Waals surface area (Å²) < 4.78 is 5.60. The van der Waals surface area contributed by atoms with Gasteiger partial charge in [-0.1, -0.05) is 20.8 Å². The van der Waals surface area contributed by atoms with Crippen molar-refractivity contribution in [2.75, 3.05) is 54.5 Å². The van der Waals surface area contributed by atoms with Crippen LogP contribution >= 0.6 is 0 Å². The first-order valence-corrected chi connectivity index (χ1v) is 13.7. The number of carbonyl (C=O) groups excluding carboxylic acids is 1. The lowest BCUT2D eigenvalue weighted by Crippen LogP contribution is -2.39. The van der Waals surface area contributed by atoms with Gasteiger partial charge < -0.3 is 25.2 Å². The molecule has 1 saturated heterocycles. The molecule has 1 fully saturated rings. The minimum absolute atomic E-state index is 0.193. The van der Waals surface area contributed by atoms with E-state index >= 15 is 0 Å². The minimum Gasteiger partial charge on any atom is -0.378 e. The van der Waals surface area contributed by atoms with Crippen LogP contribution in [0.2, 0.25) is 0 Å². The summed E-state index contributed by atoms with van der Waals surface area (Å²) >= 11 is 0. The van der Waals surface area contributed by atoms with Crippen LogP contribution in [-0.2, 0) is 17.7 Å². The topological polar surface area (TPSA) is 108 Å². The van der Waals surface area contributed by atoms with Crippen LogP contribution < -0.4 is 20.4 Å². The zero-order valence-electron chi connectivity index (χ0n) is 23.1. The van der Waals surface area contributed by atoms with E-state index in [1.165, 1.54) is 5.56 Å². The summed E-state index contributed by atoms with van der Waals surface area (Å²) in [5, 5.41) is 5.87. The molecule has 5 rings (SSSR count). The van der Waals surface area contributed by atoms with Crippen LogP contribution in [0.5, 0.6) is 0 Å². The van der Waals surface area contributed by atoms with Crippen molar-refractivity contribution in [1.82, 2.24) is 25.3 Å². The van der Waals surface area contributed by atoms with Crippen molar-refractivity contribution >= 4 is 23.4 Å². The summed E-state index contributed by atoms with van der Waals surface area (Å²) in [5.74, 6) is 2.58. The van der Waals surface area contributed by atoms with E-state index in [0.717, 1.165) is 67.5 Å². The highest BCUT2D eigenvalue weighted by atomic mass is 16.5. The number of nitrogens with one attached hydrogen (secondary N) is 2. The molecule has 10 heteroatoms. The van der Waals surface area contributed by atoms with E-state index in [1.54, 1.807) is 12.5 Å². The molecule has 0 radical (unpaired) electrons. The summed E-state index contributed by atoms with van der Waals surface area (Å²) in [6.07, 6.45) is 6.21. The first-order chi connectivity index (χ1) is 18.9. The molecule has 2 amide bonds. The summed E-state index contributed by atoms with van der Waals surface area (Å²) in [5.41, 5.74) is 4.12. The van der Waals surface area contributed by atoms with Crippen LogP contribution in [0.3, 0.4) is 0 Å². The number of carbonyl (C=O) groups is 1. The molecule has 0 bridgehead atoms. The Balaban J connectivity index is 1.33. The third-order valence-corrected chi connectivity index (χ3v) is 7.03. The summed E-state index contributed by atoms with van der Waals surface area (Å²) in [6.45, 7) is 11.8. The lowest BCUT2D eigenvalue weighted by molar-refractivity contribution is 0.122. The fraction of sp³-hybridized carbons (Fsp3) is 0.483. The van der Waals surface area contributed by atoms with E-state index in [0.29, 0.717) is 32.1 Å². The highest BCUT2D eigenvalue weighted by molar-refractivity contribution is 5.89. The molecule has 2 aliphatic rings. The van der Waals surface area contributed by atoms with Crippen LogP contribution in [-0.4, -0.2) is 65.4 Å². The predicted octanol–water partition coefficient (Wildman–Crippen LogP) is 4.28. The number of nitrogens with zero attached hydrogens (tertiary/aromatic N) is 6. The Morgan fingerprint density at radius 3 is 2.54 bits per heavy atom. The van der Waals surface area contributed by atoms with Crippen LogP contribution in [0.4, 0.5) is 22.1 Å². The molecule has 0 atom stereocenters. The predicted molar refractivity (Wildman–Crippen MR) is 153 cm³/mol. The summed E-state index contributed by atoms with van der Waals surface area (Å²) in [4.78, 5) is 35.5. The monoisotopic (exact) mass is 530 g/mol. The maximum atomic E-state index is 12.3. The maximum absolute atomic E-state index is 12.3. The van der Waals surface area contributed by atoms with Gasteiger partial charge >= 0.3 is 6.03 Å². The van der Waals surface area contributed by atoms with Crippen molar-refractivity contribution in [3.05, 3.63) is 54.1 Å². The first kappa shape index (κ1) is 26.8.